The second-order valence-corrected chi connectivity index (χ2v) is 9.54. The average Bonchev–Trinajstić information content (AvgIpc) is 2.84. The van der Waals surface area contributed by atoms with E-state index in [9.17, 15) is 13.2 Å². The summed E-state index contributed by atoms with van der Waals surface area (Å²) in [5.41, 5.74) is 3.36. The first kappa shape index (κ1) is 21.3. The summed E-state index contributed by atoms with van der Waals surface area (Å²) in [5.74, 6) is 0.0147. The molecule has 1 N–H and O–H groups in total. The van der Waals surface area contributed by atoms with Crippen LogP contribution in [0, 0.1) is 0 Å². The number of sulfonamides is 1. The zero-order valence-electron chi connectivity index (χ0n) is 17.3. The maximum atomic E-state index is 12.7. The van der Waals surface area contributed by atoms with Crippen LogP contribution in [0.1, 0.15) is 35.2 Å². The Balaban J connectivity index is 1.43. The molecule has 160 valence electrons. The third-order valence-electron chi connectivity index (χ3n) is 5.56. The van der Waals surface area contributed by atoms with E-state index in [0.29, 0.717) is 5.56 Å². The van der Waals surface area contributed by atoms with Crippen molar-refractivity contribution >= 4 is 15.9 Å². The van der Waals surface area contributed by atoms with Gasteiger partial charge in [0.15, 0.2) is 0 Å². The largest absolute Gasteiger partial charge is 0.339 e. The lowest BCUT2D eigenvalue weighted by Gasteiger charge is -2.26. The number of benzene rings is 3. The summed E-state index contributed by atoms with van der Waals surface area (Å²) in [5, 5.41) is 0. The molecule has 0 aromatic heterocycles. The van der Waals surface area contributed by atoms with Crippen LogP contribution in [-0.2, 0) is 16.6 Å². The number of carbonyl (C=O) groups excluding carboxylic acids is 1. The van der Waals surface area contributed by atoms with E-state index in [2.05, 4.69) is 4.72 Å². The molecule has 0 unspecified atom stereocenters. The topological polar surface area (TPSA) is 66.5 Å². The van der Waals surface area contributed by atoms with Gasteiger partial charge in [-0.2, -0.15) is 0 Å². The summed E-state index contributed by atoms with van der Waals surface area (Å²) < 4.78 is 28.1. The van der Waals surface area contributed by atoms with E-state index in [1.165, 1.54) is 0 Å². The minimum atomic E-state index is -3.66. The van der Waals surface area contributed by atoms with Crippen molar-refractivity contribution in [2.75, 3.05) is 13.1 Å². The first-order valence-corrected chi connectivity index (χ1v) is 12.0. The fourth-order valence-electron chi connectivity index (χ4n) is 3.81. The van der Waals surface area contributed by atoms with E-state index in [0.717, 1.165) is 49.0 Å². The third-order valence-corrected chi connectivity index (χ3v) is 6.97. The van der Waals surface area contributed by atoms with Gasteiger partial charge in [-0.1, -0.05) is 54.6 Å². The van der Waals surface area contributed by atoms with Crippen LogP contribution < -0.4 is 4.72 Å². The Labute approximate surface area is 183 Å². The van der Waals surface area contributed by atoms with Crippen molar-refractivity contribution in [3.63, 3.8) is 0 Å². The maximum Gasteiger partial charge on any atom is 0.253 e. The molecule has 1 saturated heterocycles. The van der Waals surface area contributed by atoms with Crippen molar-refractivity contribution in [3.05, 3.63) is 90.0 Å². The van der Waals surface area contributed by atoms with Gasteiger partial charge in [-0.05, 0) is 60.2 Å². The summed E-state index contributed by atoms with van der Waals surface area (Å²) in [4.78, 5) is 14.8. The normalized spacial score (nSPS) is 14.4. The first-order chi connectivity index (χ1) is 15.0. The van der Waals surface area contributed by atoms with Crippen LogP contribution in [0.3, 0.4) is 0 Å². The minimum Gasteiger partial charge on any atom is -0.339 e. The van der Waals surface area contributed by atoms with Crippen LogP contribution >= 0.6 is 0 Å². The Morgan fingerprint density at radius 2 is 1.48 bits per heavy atom. The van der Waals surface area contributed by atoms with Crippen molar-refractivity contribution in [1.82, 2.24) is 9.62 Å². The fraction of sp³-hybridized carbons (Fsp3) is 0.240. The molecule has 6 heteroatoms. The molecule has 1 fully saturated rings. The van der Waals surface area contributed by atoms with Crippen LogP contribution in [0.5, 0.6) is 0 Å². The van der Waals surface area contributed by atoms with Crippen molar-refractivity contribution in [2.45, 2.75) is 30.7 Å². The van der Waals surface area contributed by atoms with Gasteiger partial charge in [-0.15, -0.1) is 0 Å². The second-order valence-electron chi connectivity index (χ2n) is 7.77. The van der Waals surface area contributed by atoms with Crippen molar-refractivity contribution in [1.29, 1.82) is 0 Å². The lowest BCUT2D eigenvalue weighted by molar-refractivity contribution is 0.0724. The number of amides is 1. The summed E-state index contributed by atoms with van der Waals surface area (Å²) >= 11 is 0. The Morgan fingerprint density at radius 3 is 2.19 bits per heavy atom. The zero-order chi connectivity index (χ0) is 21.7. The maximum absolute atomic E-state index is 12.7. The number of likely N-dealkylation sites (tertiary alicyclic amines) is 1. The summed E-state index contributed by atoms with van der Waals surface area (Å²) in [6.45, 7) is 1.70. The van der Waals surface area contributed by atoms with Gasteiger partial charge < -0.3 is 4.90 Å². The van der Waals surface area contributed by atoms with Crippen molar-refractivity contribution in [2.24, 2.45) is 0 Å². The molecule has 3 aromatic carbocycles. The number of rotatable bonds is 6. The number of hydrogen-bond acceptors (Lipinski definition) is 3. The molecule has 1 amide bonds. The molecule has 1 aliphatic heterocycles. The monoisotopic (exact) mass is 434 g/mol. The van der Waals surface area contributed by atoms with Crippen molar-refractivity contribution < 1.29 is 13.2 Å². The summed E-state index contributed by atoms with van der Waals surface area (Å²) in [7, 11) is -3.66. The van der Waals surface area contributed by atoms with Gasteiger partial charge >= 0.3 is 0 Å². The van der Waals surface area contributed by atoms with E-state index in [1.54, 1.807) is 30.3 Å². The number of hydrogen-bond donors (Lipinski definition) is 1. The molecule has 4 rings (SSSR count). The molecular weight excluding hydrogens is 408 g/mol. The second kappa shape index (κ2) is 9.45. The molecule has 0 atom stereocenters. The van der Waals surface area contributed by atoms with Gasteiger partial charge in [-0.3, -0.25) is 4.79 Å². The summed E-state index contributed by atoms with van der Waals surface area (Å²) in [6.07, 6.45) is 3.24. The molecule has 1 heterocycles. The zero-order valence-corrected chi connectivity index (χ0v) is 18.1. The van der Waals surface area contributed by atoms with E-state index in [1.807, 2.05) is 53.4 Å². The molecule has 0 radical (unpaired) electrons. The highest BCUT2D eigenvalue weighted by Gasteiger charge is 2.19. The quantitative estimate of drug-likeness (QED) is 0.623. The Bertz CT molecular complexity index is 1140. The van der Waals surface area contributed by atoms with Crippen LogP contribution in [-0.4, -0.2) is 32.3 Å². The molecule has 3 aromatic rings. The Morgan fingerprint density at radius 1 is 0.806 bits per heavy atom. The SMILES string of the molecule is O=C(c1cccc(CNS(=O)(=O)c2ccc(-c3ccccc3)cc2)c1)N1CCCCC1. The van der Waals surface area contributed by atoms with Gasteiger partial charge in [0.25, 0.3) is 5.91 Å². The smallest absolute Gasteiger partial charge is 0.253 e. The van der Waals surface area contributed by atoms with Gasteiger partial charge in [0.05, 0.1) is 4.90 Å². The minimum absolute atomic E-state index is 0.0147. The Hall–Kier alpha value is -2.96. The lowest BCUT2D eigenvalue weighted by Crippen LogP contribution is -2.35. The van der Waals surface area contributed by atoms with Gasteiger partial charge in [0.2, 0.25) is 10.0 Å². The highest BCUT2D eigenvalue weighted by molar-refractivity contribution is 7.89. The lowest BCUT2D eigenvalue weighted by atomic mass is 10.1. The van der Waals surface area contributed by atoms with Gasteiger partial charge in [0, 0.05) is 25.2 Å². The standard InChI is InChI=1S/C25H26N2O3S/c28-25(27-16-5-2-6-17-27)23-11-7-8-20(18-23)19-26-31(29,30)24-14-12-22(13-15-24)21-9-3-1-4-10-21/h1,3-4,7-15,18,26H,2,5-6,16-17,19H2. The Kier molecular flexibility index (Phi) is 6.49. The molecule has 0 saturated carbocycles. The average molecular weight is 435 g/mol. The third kappa shape index (κ3) is 5.21. The number of nitrogens with one attached hydrogen (secondary N) is 1. The number of carbonyl (C=O) groups is 1. The van der Waals surface area contributed by atoms with E-state index in [4.69, 9.17) is 0 Å². The molecule has 1 aliphatic rings. The van der Waals surface area contributed by atoms with Crippen LogP contribution in [0.2, 0.25) is 0 Å². The van der Waals surface area contributed by atoms with E-state index in [-0.39, 0.29) is 17.3 Å². The highest BCUT2D eigenvalue weighted by atomic mass is 32.2. The van der Waals surface area contributed by atoms with Gasteiger partial charge in [0.1, 0.15) is 0 Å². The number of piperidine rings is 1. The molecule has 0 aliphatic carbocycles. The molecule has 0 spiro atoms. The van der Waals surface area contributed by atoms with Crippen LogP contribution in [0.15, 0.2) is 83.8 Å². The molecule has 5 nitrogen and oxygen atoms in total. The van der Waals surface area contributed by atoms with Crippen molar-refractivity contribution in [3.8, 4) is 11.1 Å². The first-order valence-electron chi connectivity index (χ1n) is 10.6. The predicted octanol–water partition coefficient (Wildman–Crippen LogP) is 4.46. The predicted molar refractivity (Wildman–Crippen MR) is 122 cm³/mol. The fourth-order valence-corrected chi connectivity index (χ4v) is 4.83. The van der Waals surface area contributed by atoms with Crippen LogP contribution in [0.25, 0.3) is 11.1 Å². The molecule has 31 heavy (non-hydrogen) atoms. The summed E-state index contributed by atoms with van der Waals surface area (Å²) in [6, 6.07) is 23.9. The molecule has 0 bridgehead atoms. The number of nitrogens with zero attached hydrogens (tertiary/aromatic N) is 1. The van der Waals surface area contributed by atoms with Crippen LogP contribution in [0.4, 0.5) is 0 Å². The van der Waals surface area contributed by atoms with E-state index >= 15 is 0 Å². The van der Waals surface area contributed by atoms with E-state index < -0.39 is 10.0 Å². The van der Waals surface area contributed by atoms with Gasteiger partial charge in [-0.25, -0.2) is 13.1 Å². The molecular formula is C25H26N2O3S. The highest BCUT2D eigenvalue weighted by Crippen LogP contribution is 2.21.